The van der Waals surface area contributed by atoms with Crippen LogP contribution in [-0.2, 0) is 5.41 Å². The minimum Gasteiger partial charge on any atom is -0.339 e. The summed E-state index contributed by atoms with van der Waals surface area (Å²) in [6.45, 7) is 2.06. The number of hydrogen-bond donors (Lipinski definition) is 1. The molecule has 2 N–H and O–H groups in total. The molecule has 0 spiro atoms. The summed E-state index contributed by atoms with van der Waals surface area (Å²) in [7, 11) is 0. The van der Waals surface area contributed by atoms with Crippen LogP contribution in [0.3, 0.4) is 0 Å². The average molecular weight is 261 g/mol. The van der Waals surface area contributed by atoms with Crippen molar-refractivity contribution in [2.75, 3.05) is 0 Å². The van der Waals surface area contributed by atoms with Gasteiger partial charge in [-0.25, -0.2) is 0 Å². The van der Waals surface area contributed by atoms with Crippen LogP contribution in [0.25, 0.3) is 0 Å². The Morgan fingerprint density at radius 1 is 1.21 bits per heavy atom. The van der Waals surface area contributed by atoms with Crippen LogP contribution in [0.2, 0.25) is 0 Å². The lowest BCUT2D eigenvalue weighted by molar-refractivity contribution is -0.0201. The van der Waals surface area contributed by atoms with Gasteiger partial charge in [0.05, 0.1) is 11.5 Å². The van der Waals surface area contributed by atoms with Crippen LogP contribution in [0, 0.1) is 17.8 Å². The van der Waals surface area contributed by atoms with E-state index in [0.29, 0.717) is 5.82 Å². The predicted molar refractivity (Wildman–Crippen MR) is 71.4 cm³/mol. The molecule has 19 heavy (non-hydrogen) atoms. The van der Waals surface area contributed by atoms with Crippen LogP contribution in [0.1, 0.15) is 69.6 Å². The van der Waals surface area contributed by atoms with Gasteiger partial charge in [0.15, 0.2) is 5.82 Å². The molecule has 1 unspecified atom stereocenters. The Morgan fingerprint density at radius 2 is 1.79 bits per heavy atom. The van der Waals surface area contributed by atoms with E-state index in [1.807, 2.05) is 0 Å². The summed E-state index contributed by atoms with van der Waals surface area (Å²) in [6, 6.07) is -0.0774. The fraction of sp³-hybridized carbons (Fsp3) is 0.867. The lowest BCUT2D eigenvalue weighted by Crippen LogP contribution is -2.48. The van der Waals surface area contributed by atoms with Crippen molar-refractivity contribution < 1.29 is 4.52 Å². The molecule has 4 bridgehead atoms. The maximum Gasteiger partial charge on any atom is 0.232 e. The maximum absolute atomic E-state index is 6.01. The third-order valence-corrected chi connectivity index (χ3v) is 5.71. The van der Waals surface area contributed by atoms with Crippen molar-refractivity contribution in [2.45, 2.75) is 63.3 Å². The summed E-state index contributed by atoms with van der Waals surface area (Å²) in [6.07, 6.45) is 8.98. The molecule has 5 rings (SSSR count). The van der Waals surface area contributed by atoms with E-state index in [4.69, 9.17) is 10.3 Å². The maximum atomic E-state index is 6.01. The molecule has 4 nitrogen and oxygen atoms in total. The molecule has 1 atom stereocenters. The number of nitrogens with zero attached hydrogens (tertiary/aromatic N) is 2. The molecule has 4 fully saturated rings. The Hall–Kier alpha value is -0.900. The normalized spacial score (nSPS) is 41.7. The van der Waals surface area contributed by atoms with Gasteiger partial charge in [-0.15, -0.1) is 0 Å². The molecule has 104 valence electrons. The van der Waals surface area contributed by atoms with Crippen LogP contribution in [0.4, 0.5) is 0 Å². The number of aromatic nitrogens is 2. The quantitative estimate of drug-likeness (QED) is 0.908. The summed E-state index contributed by atoms with van der Waals surface area (Å²) in [4.78, 5) is 4.67. The Kier molecular flexibility index (Phi) is 2.53. The number of hydrogen-bond acceptors (Lipinski definition) is 4. The molecule has 1 heterocycles. The topological polar surface area (TPSA) is 64.9 Å². The third kappa shape index (κ3) is 1.76. The predicted octanol–water partition coefficient (Wildman–Crippen LogP) is 2.95. The molecule has 0 aliphatic heterocycles. The molecule has 4 heteroatoms. The van der Waals surface area contributed by atoms with Gasteiger partial charge in [-0.3, -0.25) is 0 Å². The lowest BCUT2D eigenvalue weighted by Gasteiger charge is -2.55. The summed E-state index contributed by atoms with van der Waals surface area (Å²) < 4.78 is 5.63. The molecule has 0 radical (unpaired) electrons. The van der Waals surface area contributed by atoms with Gasteiger partial charge in [0.25, 0.3) is 0 Å². The summed E-state index contributed by atoms with van der Waals surface area (Å²) in [5.41, 5.74) is 6.22. The second-order valence-electron chi connectivity index (χ2n) is 7.17. The standard InChI is InChI=1S/C15H23N3O/c1-2-12(16)13-17-14(19-18-13)15-6-9-3-10(7-15)5-11(4-9)8-15/h9-12H,2-8,16H2,1H3. The zero-order valence-electron chi connectivity index (χ0n) is 11.6. The van der Waals surface area contributed by atoms with Crippen molar-refractivity contribution in [3.05, 3.63) is 11.7 Å². The molecule has 1 aromatic rings. The second-order valence-corrected chi connectivity index (χ2v) is 7.17. The van der Waals surface area contributed by atoms with Crippen molar-refractivity contribution >= 4 is 0 Å². The summed E-state index contributed by atoms with van der Waals surface area (Å²) in [5, 5.41) is 4.13. The largest absolute Gasteiger partial charge is 0.339 e. The van der Waals surface area contributed by atoms with Gasteiger partial charge in [0, 0.05) is 0 Å². The Bertz CT molecular complexity index is 446. The fourth-order valence-electron chi connectivity index (χ4n) is 5.16. The second kappa shape index (κ2) is 4.05. The summed E-state index contributed by atoms with van der Waals surface area (Å²) in [5.74, 6) is 4.31. The lowest BCUT2D eigenvalue weighted by atomic mass is 9.49. The van der Waals surface area contributed by atoms with E-state index >= 15 is 0 Å². The summed E-state index contributed by atoms with van der Waals surface area (Å²) >= 11 is 0. The highest BCUT2D eigenvalue weighted by molar-refractivity contribution is 5.15. The minimum atomic E-state index is -0.0774. The monoisotopic (exact) mass is 261 g/mol. The molecule has 4 aliphatic carbocycles. The van der Waals surface area contributed by atoms with Crippen LogP contribution in [0.15, 0.2) is 4.52 Å². The molecule has 0 aromatic carbocycles. The third-order valence-electron chi connectivity index (χ3n) is 5.71. The van der Waals surface area contributed by atoms with Crippen LogP contribution >= 0.6 is 0 Å². The van der Waals surface area contributed by atoms with Gasteiger partial charge in [-0.05, 0) is 62.7 Å². The molecule has 0 amide bonds. The van der Waals surface area contributed by atoms with Crippen molar-refractivity contribution in [1.82, 2.24) is 10.1 Å². The van der Waals surface area contributed by atoms with E-state index in [1.165, 1.54) is 38.5 Å². The zero-order chi connectivity index (χ0) is 13.0. The SMILES string of the molecule is CCC(N)c1noc(C23CC4CC(CC(C4)C2)C3)n1. The van der Waals surface area contributed by atoms with Gasteiger partial charge >= 0.3 is 0 Å². The number of rotatable bonds is 3. The molecule has 0 saturated heterocycles. The minimum absolute atomic E-state index is 0.0774. The van der Waals surface area contributed by atoms with E-state index in [-0.39, 0.29) is 11.5 Å². The highest BCUT2D eigenvalue weighted by Crippen LogP contribution is 2.60. The Labute approximate surface area is 114 Å². The smallest absolute Gasteiger partial charge is 0.232 e. The van der Waals surface area contributed by atoms with Gasteiger partial charge in [-0.2, -0.15) is 4.98 Å². The van der Waals surface area contributed by atoms with Gasteiger partial charge < -0.3 is 10.3 Å². The zero-order valence-corrected chi connectivity index (χ0v) is 11.6. The first kappa shape index (κ1) is 11.9. The van der Waals surface area contributed by atoms with E-state index in [1.54, 1.807) is 0 Å². The van der Waals surface area contributed by atoms with E-state index in [9.17, 15) is 0 Å². The van der Waals surface area contributed by atoms with Crippen LogP contribution < -0.4 is 5.73 Å². The van der Waals surface area contributed by atoms with Gasteiger partial charge in [-0.1, -0.05) is 12.1 Å². The van der Waals surface area contributed by atoms with E-state index < -0.39 is 0 Å². The highest BCUT2D eigenvalue weighted by Gasteiger charge is 2.54. The molecular formula is C15H23N3O. The van der Waals surface area contributed by atoms with E-state index in [0.717, 1.165) is 30.1 Å². The van der Waals surface area contributed by atoms with Crippen molar-refractivity contribution in [3.8, 4) is 0 Å². The molecule has 1 aromatic heterocycles. The van der Waals surface area contributed by atoms with Gasteiger partial charge in [0.2, 0.25) is 5.89 Å². The van der Waals surface area contributed by atoms with Gasteiger partial charge in [0.1, 0.15) is 0 Å². The van der Waals surface area contributed by atoms with Crippen molar-refractivity contribution in [3.63, 3.8) is 0 Å². The average Bonchev–Trinajstić information content (AvgIpc) is 2.86. The van der Waals surface area contributed by atoms with Crippen LogP contribution in [0.5, 0.6) is 0 Å². The first-order valence-electron chi connectivity index (χ1n) is 7.78. The molecule has 4 aliphatic rings. The van der Waals surface area contributed by atoms with Crippen molar-refractivity contribution in [1.29, 1.82) is 0 Å². The Morgan fingerprint density at radius 3 is 2.32 bits per heavy atom. The first-order chi connectivity index (χ1) is 9.18. The first-order valence-corrected chi connectivity index (χ1v) is 7.78. The van der Waals surface area contributed by atoms with E-state index in [2.05, 4.69) is 17.1 Å². The molecular weight excluding hydrogens is 238 g/mol. The fourth-order valence-corrected chi connectivity index (χ4v) is 5.16. The van der Waals surface area contributed by atoms with Crippen molar-refractivity contribution in [2.24, 2.45) is 23.5 Å². The molecule has 4 saturated carbocycles. The number of nitrogens with two attached hydrogens (primary N) is 1. The highest BCUT2D eigenvalue weighted by atomic mass is 16.5. The Balaban J connectivity index is 1.66. The van der Waals surface area contributed by atoms with Crippen LogP contribution in [-0.4, -0.2) is 10.1 Å².